The molecule has 0 saturated heterocycles. The number of carbonyl (C=O) groups excluding carboxylic acids is 1. The second-order valence-corrected chi connectivity index (χ2v) is 7.03. The first-order valence-corrected chi connectivity index (χ1v) is 9.05. The van der Waals surface area contributed by atoms with Crippen LogP contribution in [0.4, 0.5) is 0 Å². The Morgan fingerprint density at radius 2 is 1.76 bits per heavy atom. The summed E-state index contributed by atoms with van der Waals surface area (Å²) in [6.45, 7) is 3.79. The van der Waals surface area contributed by atoms with Crippen molar-refractivity contribution < 1.29 is 14.3 Å². The molecule has 2 aromatic carbocycles. The van der Waals surface area contributed by atoms with Crippen LogP contribution in [0.3, 0.4) is 0 Å². The fourth-order valence-electron chi connectivity index (χ4n) is 2.22. The number of halogens is 2. The van der Waals surface area contributed by atoms with Gasteiger partial charge in [0.2, 0.25) is 0 Å². The van der Waals surface area contributed by atoms with Crippen molar-refractivity contribution >= 4 is 44.0 Å². The number of nitrogens with zero attached hydrogens (tertiary/aromatic N) is 1. The Hall–Kier alpha value is -1.86. The van der Waals surface area contributed by atoms with Gasteiger partial charge in [-0.3, -0.25) is 4.79 Å². The van der Waals surface area contributed by atoms with Crippen LogP contribution in [-0.2, 0) is 4.79 Å². The number of para-hydroxylation sites is 1. The first-order chi connectivity index (χ1) is 11.9. The van der Waals surface area contributed by atoms with E-state index in [2.05, 4.69) is 42.4 Å². The van der Waals surface area contributed by atoms with Crippen molar-refractivity contribution in [2.24, 2.45) is 5.10 Å². The molecule has 0 aliphatic carbocycles. The van der Waals surface area contributed by atoms with Crippen LogP contribution in [0.1, 0.15) is 16.7 Å². The molecule has 25 heavy (non-hydrogen) atoms. The molecule has 0 fully saturated rings. The van der Waals surface area contributed by atoms with Gasteiger partial charge >= 0.3 is 0 Å². The third-order valence-corrected chi connectivity index (χ3v) is 4.56. The minimum atomic E-state index is -0.328. The lowest BCUT2D eigenvalue weighted by atomic mass is 10.1. The number of nitrogens with one attached hydrogen (secondary N) is 1. The molecule has 0 heterocycles. The molecule has 0 saturated carbocycles. The lowest BCUT2D eigenvalue weighted by Crippen LogP contribution is -2.25. The van der Waals surface area contributed by atoms with Crippen LogP contribution in [0.25, 0.3) is 0 Å². The second-order valence-electron chi connectivity index (χ2n) is 5.32. The number of benzene rings is 2. The summed E-state index contributed by atoms with van der Waals surface area (Å²) >= 11 is 6.84. The van der Waals surface area contributed by atoms with Crippen LogP contribution in [0, 0.1) is 13.8 Å². The van der Waals surface area contributed by atoms with E-state index in [1.54, 1.807) is 13.3 Å². The molecule has 0 aliphatic rings. The Kier molecular flexibility index (Phi) is 7.01. The van der Waals surface area contributed by atoms with Crippen molar-refractivity contribution in [2.75, 3.05) is 13.7 Å². The third kappa shape index (κ3) is 5.31. The summed E-state index contributed by atoms with van der Waals surface area (Å²) in [5, 5.41) is 3.95. The molecule has 0 unspecified atom stereocenters. The monoisotopic (exact) mass is 468 g/mol. The summed E-state index contributed by atoms with van der Waals surface area (Å²) in [4.78, 5) is 11.9. The van der Waals surface area contributed by atoms with Gasteiger partial charge in [-0.25, -0.2) is 5.43 Å². The van der Waals surface area contributed by atoms with E-state index in [0.29, 0.717) is 5.75 Å². The number of methoxy groups -OCH3 is 1. The van der Waals surface area contributed by atoms with E-state index in [1.165, 1.54) is 0 Å². The predicted octanol–water partition coefficient (Wildman–Crippen LogP) is 4.37. The summed E-state index contributed by atoms with van der Waals surface area (Å²) in [7, 11) is 1.59. The molecule has 0 aliphatic heterocycles. The van der Waals surface area contributed by atoms with Crippen molar-refractivity contribution in [1.29, 1.82) is 0 Å². The maximum atomic E-state index is 11.9. The summed E-state index contributed by atoms with van der Waals surface area (Å²) in [5.74, 6) is 1.10. The number of amides is 1. The van der Waals surface area contributed by atoms with E-state index in [1.807, 2.05) is 44.2 Å². The summed E-state index contributed by atoms with van der Waals surface area (Å²) in [6, 6.07) is 9.52. The zero-order chi connectivity index (χ0) is 18.4. The quantitative estimate of drug-likeness (QED) is 0.504. The van der Waals surface area contributed by atoms with Crippen LogP contribution in [0.15, 0.2) is 44.4 Å². The van der Waals surface area contributed by atoms with E-state index in [4.69, 9.17) is 9.47 Å². The lowest BCUT2D eigenvalue weighted by Gasteiger charge is -2.10. The number of rotatable bonds is 6. The molecule has 2 rings (SSSR count). The molecule has 0 atom stereocenters. The average molecular weight is 470 g/mol. The molecule has 1 amide bonds. The molecule has 2 aromatic rings. The molecule has 7 heteroatoms. The van der Waals surface area contributed by atoms with Crippen LogP contribution in [-0.4, -0.2) is 25.8 Å². The number of aryl methyl sites for hydroxylation is 2. The standard InChI is InChI=1S/C18H18Br2N2O3/c1-11-5-4-6-12(2)17(11)25-10-16(23)22-21-9-13-7-14(19)18(24-3)15(20)8-13/h4-9H,10H2,1-3H3,(H,22,23)/b21-9-. The Bertz CT molecular complexity index is 764. The maximum Gasteiger partial charge on any atom is 0.277 e. The fraction of sp³-hybridized carbons (Fsp3) is 0.222. The fourth-order valence-corrected chi connectivity index (χ4v) is 3.77. The van der Waals surface area contributed by atoms with Gasteiger partial charge < -0.3 is 9.47 Å². The highest BCUT2D eigenvalue weighted by molar-refractivity contribution is 9.11. The third-order valence-electron chi connectivity index (χ3n) is 3.38. The number of carbonyl (C=O) groups is 1. The normalized spacial score (nSPS) is 10.8. The number of ether oxygens (including phenoxy) is 2. The van der Waals surface area contributed by atoms with Gasteiger partial charge in [0.05, 0.1) is 22.3 Å². The molecular formula is C18H18Br2N2O3. The lowest BCUT2D eigenvalue weighted by molar-refractivity contribution is -0.123. The number of hydrogen-bond donors (Lipinski definition) is 1. The zero-order valence-corrected chi connectivity index (χ0v) is 17.3. The highest BCUT2D eigenvalue weighted by Gasteiger charge is 2.08. The van der Waals surface area contributed by atoms with Crippen molar-refractivity contribution in [3.05, 3.63) is 56.0 Å². The van der Waals surface area contributed by atoms with Crippen LogP contribution >= 0.6 is 31.9 Å². The molecule has 1 N–H and O–H groups in total. The minimum Gasteiger partial charge on any atom is -0.494 e. The van der Waals surface area contributed by atoms with E-state index in [9.17, 15) is 4.79 Å². The van der Waals surface area contributed by atoms with Gasteiger partial charge in [0.1, 0.15) is 11.5 Å². The molecule has 0 bridgehead atoms. The topological polar surface area (TPSA) is 59.9 Å². The van der Waals surface area contributed by atoms with Gasteiger partial charge in [-0.1, -0.05) is 18.2 Å². The van der Waals surface area contributed by atoms with Crippen LogP contribution in [0.2, 0.25) is 0 Å². The molecular weight excluding hydrogens is 452 g/mol. The van der Waals surface area contributed by atoms with Crippen molar-refractivity contribution in [3.8, 4) is 11.5 Å². The highest BCUT2D eigenvalue weighted by atomic mass is 79.9. The van der Waals surface area contributed by atoms with Crippen molar-refractivity contribution in [2.45, 2.75) is 13.8 Å². The number of hydrogen-bond acceptors (Lipinski definition) is 4. The van der Waals surface area contributed by atoms with E-state index in [-0.39, 0.29) is 12.5 Å². The first kappa shape index (κ1) is 19.5. The van der Waals surface area contributed by atoms with E-state index >= 15 is 0 Å². The smallest absolute Gasteiger partial charge is 0.277 e. The Balaban J connectivity index is 1.93. The Labute approximate surface area is 163 Å². The molecule has 5 nitrogen and oxygen atoms in total. The molecule has 0 radical (unpaired) electrons. The van der Waals surface area contributed by atoms with Gasteiger partial charge in [-0.2, -0.15) is 5.10 Å². The minimum absolute atomic E-state index is 0.0982. The predicted molar refractivity (Wildman–Crippen MR) is 106 cm³/mol. The van der Waals surface area contributed by atoms with Crippen molar-refractivity contribution in [1.82, 2.24) is 5.43 Å². The van der Waals surface area contributed by atoms with Crippen LogP contribution in [0.5, 0.6) is 11.5 Å². The van der Waals surface area contributed by atoms with Crippen LogP contribution < -0.4 is 14.9 Å². The summed E-state index contributed by atoms with van der Waals surface area (Å²) in [6.07, 6.45) is 1.55. The SMILES string of the molecule is COc1c(Br)cc(/C=N\NC(=O)COc2c(C)cccc2C)cc1Br. The molecule has 0 aromatic heterocycles. The summed E-state index contributed by atoms with van der Waals surface area (Å²) in [5.41, 5.74) is 5.23. The number of hydrazone groups is 1. The van der Waals surface area contributed by atoms with Gasteiger partial charge in [-0.05, 0) is 74.5 Å². The maximum absolute atomic E-state index is 11.9. The summed E-state index contributed by atoms with van der Waals surface area (Å²) < 4.78 is 12.4. The highest BCUT2D eigenvalue weighted by Crippen LogP contribution is 2.33. The largest absolute Gasteiger partial charge is 0.494 e. The van der Waals surface area contributed by atoms with Gasteiger partial charge in [-0.15, -0.1) is 0 Å². The molecule has 0 spiro atoms. The Morgan fingerprint density at radius 1 is 1.16 bits per heavy atom. The average Bonchev–Trinajstić information content (AvgIpc) is 2.54. The first-order valence-electron chi connectivity index (χ1n) is 7.46. The van der Waals surface area contributed by atoms with Gasteiger partial charge in [0.15, 0.2) is 6.61 Å². The zero-order valence-electron chi connectivity index (χ0n) is 14.1. The van der Waals surface area contributed by atoms with E-state index in [0.717, 1.165) is 31.4 Å². The van der Waals surface area contributed by atoms with Gasteiger partial charge in [0, 0.05) is 0 Å². The van der Waals surface area contributed by atoms with Crippen molar-refractivity contribution in [3.63, 3.8) is 0 Å². The Morgan fingerprint density at radius 3 is 2.32 bits per heavy atom. The molecule has 132 valence electrons. The van der Waals surface area contributed by atoms with Gasteiger partial charge in [0.25, 0.3) is 5.91 Å². The van der Waals surface area contributed by atoms with E-state index < -0.39 is 0 Å². The second kappa shape index (κ2) is 9.01.